The van der Waals surface area contributed by atoms with Gasteiger partial charge in [0.25, 0.3) is 0 Å². The molecule has 4 N–H and O–H groups in total. The van der Waals surface area contributed by atoms with E-state index in [1.165, 1.54) is 4.90 Å². The largest absolute Gasteiger partial charge is 0.350 e. The van der Waals surface area contributed by atoms with Gasteiger partial charge in [0.2, 0.25) is 17.6 Å². The molecule has 222 valence electrons. The third-order valence-electron chi connectivity index (χ3n) is 7.17. The molecule has 3 aromatic carbocycles. The fourth-order valence-corrected chi connectivity index (χ4v) is 5.37. The number of aryl methyl sites for hydroxylation is 1. The minimum absolute atomic E-state index is 0.0931. The Bertz CT molecular complexity index is 1600. The number of benzene rings is 3. The molecule has 5 rings (SSSR count). The van der Waals surface area contributed by atoms with E-state index in [1.54, 1.807) is 24.3 Å². The van der Waals surface area contributed by atoms with Crippen molar-refractivity contribution in [2.75, 3.05) is 16.8 Å². The highest BCUT2D eigenvalue weighted by Crippen LogP contribution is 2.38. The van der Waals surface area contributed by atoms with Crippen LogP contribution in [0.4, 0.5) is 16.2 Å². The first-order chi connectivity index (χ1) is 20.6. The van der Waals surface area contributed by atoms with E-state index in [4.69, 9.17) is 0 Å². The Morgan fingerprint density at radius 1 is 1.02 bits per heavy atom. The summed E-state index contributed by atoms with van der Waals surface area (Å²) < 4.78 is 0. The summed E-state index contributed by atoms with van der Waals surface area (Å²) in [5, 5.41) is 22.7. The van der Waals surface area contributed by atoms with Crippen LogP contribution in [-0.4, -0.2) is 56.6 Å². The number of nitrogens with zero attached hydrogens (tertiary/aromatic N) is 4. The van der Waals surface area contributed by atoms with E-state index < -0.39 is 17.6 Å². The van der Waals surface area contributed by atoms with Crippen LogP contribution in [0.1, 0.15) is 49.8 Å². The second-order valence-corrected chi connectivity index (χ2v) is 11.9. The van der Waals surface area contributed by atoms with Gasteiger partial charge in [-0.25, -0.2) is 4.79 Å². The SMILES string of the molecule is Cc1ccc2c(c1)N(CC(=O)NC(C)(C)C)C(=O)[C@H](NC(=O)Nc1cccc(-c3nn[nH]n3)c1)C[C@@H]2Cc1ccccc1. The number of H-pyrrole nitrogens is 1. The lowest BCUT2D eigenvalue weighted by molar-refractivity contribution is -0.125. The lowest BCUT2D eigenvalue weighted by Gasteiger charge is -2.28. The first-order valence-corrected chi connectivity index (χ1v) is 14.2. The molecular weight excluding hydrogens is 544 g/mol. The zero-order valence-electron chi connectivity index (χ0n) is 24.7. The Morgan fingerprint density at radius 3 is 2.53 bits per heavy atom. The lowest BCUT2D eigenvalue weighted by atomic mass is 9.86. The van der Waals surface area contributed by atoms with E-state index in [0.717, 1.165) is 16.7 Å². The lowest BCUT2D eigenvalue weighted by Crippen LogP contribution is -2.53. The van der Waals surface area contributed by atoms with Gasteiger partial charge in [-0.15, -0.1) is 10.2 Å². The van der Waals surface area contributed by atoms with Crippen molar-refractivity contribution < 1.29 is 14.4 Å². The molecule has 0 bridgehead atoms. The van der Waals surface area contributed by atoms with Crippen LogP contribution in [0.3, 0.4) is 0 Å². The summed E-state index contributed by atoms with van der Waals surface area (Å²) in [7, 11) is 0. The molecular formula is C32H36N8O3. The Balaban J connectivity index is 1.45. The molecule has 11 nitrogen and oxygen atoms in total. The molecule has 0 unspecified atom stereocenters. The number of nitrogens with one attached hydrogen (secondary N) is 4. The van der Waals surface area contributed by atoms with Crippen LogP contribution in [0.25, 0.3) is 11.4 Å². The Morgan fingerprint density at radius 2 is 1.81 bits per heavy atom. The number of urea groups is 1. The highest BCUT2D eigenvalue weighted by molar-refractivity contribution is 6.05. The maximum Gasteiger partial charge on any atom is 0.319 e. The molecule has 0 radical (unpaired) electrons. The summed E-state index contributed by atoms with van der Waals surface area (Å²) >= 11 is 0. The minimum atomic E-state index is -0.885. The van der Waals surface area contributed by atoms with Gasteiger partial charge in [0.15, 0.2) is 0 Å². The van der Waals surface area contributed by atoms with E-state index in [0.29, 0.717) is 35.6 Å². The van der Waals surface area contributed by atoms with E-state index in [9.17, 15) is 14.4 Å². The predicted molar refractivity (Wildman–Crippen MR) is 164 cm³/mol. The minimum Gasteiger partial charge on any atom is -0.350 e. The van der Waals surface area contributed by atoms with Crippen molar-refractivity contribution in [3.63, 3.8) is 0 Å². The summed E-state index contributed by atoms with van der Waals surface area (Å²) in [6, 6.07) is 21.7. The van der Waals surface area contributed by atoms with Gasteiger partial charge in [-0.3, -0.25) is 9.59 Å². The highest BCUT2D eigenvalue weighted by atomic mass is 16.2. The van der Waals surface area contributed by atoms with Crippen molar-refractivity contribution >= 4 is 29.2 Å². The zero-order chi connectivity index (χ0) is 30.6. The van der Waals surface area contributed by atoms with Crippen LogP contribution < -0.4 is 20.9 Å². The quantitative estimate of drug-likeness (QED) is 0.256. The molecule has 2 atom stereocenters. The van der Waals surface area contributed by atoms with Gasteiger partial charge in [0.1, 0.15) is 12.6 Å². The molecule has 0 saturated carbocycles. The number of aromatic nitrogens is 4. The van der Waals surface area contributed by atoms with E-state index in [1.807, 2.05) is 64.1 Å². The third-order valence-corrected chi connectivity index (χ3v) is 7.17. The smallest absolute Gasteiger partial charge is 0.319 e. The normalized spacial score (nSPS) is 16.7. The Kier molecular flexibility index (Phi) is 8.51. The summed E-state index contributed by atoms with van der Waals surface area (Å²) in [6.45, 7) is 7.47. The van der Waals surface area contributed by atoms with Gasteiger partial charge >= 0.3 is 6.03 Å². The Labute approximate surface area is 250 Å². The number of anilines is 2. The van der Waals surface area contributed by atoms with Gasteiger partial charge in [0, 0.05) is 22.5 Å². The maximum atomic E-state index is 14.2. The van der Waals surface area contributed by atoms with Crippen LogP contribution in [0.15, 0.2) is 72.8 Å². The van der Waals surface area contributed by atoms with Crippen molar-refractivity contribution in [1.82, 2.24) is 31.3 Å². The molecule has 0 saturated heterocycles. The number of carbonyl (C=O) groups excluding carboxylic acids is 3. The number of tetrazole rings is 1. The molecule has 4 aromatic rings. The second kappa shape index (κ2) is 12.4. The van der Waals surface area contributed by atoms with Gasteiger partial charge in [0.05, 0.1) is 0 Å². The van der Waals surface area contributed by atoms with Crippen molar-refractivity contribution in [3.8, 4) is 11.4 Å². The van der Waals surface area contributed by atoms with Crippen molar-refractivity contribution in [1.29, 1.82) is 0 Å². The number of aromatic amines is 1. The fourth-order valence-electron chi connectivity index (χ4n) is 5.37. The van der Waals surface area contributed by atoms with Crippen molar-refractivity contribution in [3.05, 3.63) is 89.5 Å². The van der Waals surface area contributed by atoms with Gasteiger partial charge in [-0.05, 0) is 86.6 Å². The molecule has 1 aliphatic heterocycles. The molecule has 2 heterocycles. The predicted octanol–water partition coefficient (Wildman–Crippen LogP) is 4.34. The molecule has 43 heavy (non-hydrogen) atoms. The highest BCUT2D eigenvalue weighted by Gasteiger charge is 2.37. The average Bonchev–Trinajstić information content (AvgIpc) is 3.47. The molecule has 11 heteroatoms. The summed E-state index contributed by atoms with van der Waals surface area (Å²) in [5.74, 6) is -0.327. The standard InChI is InChI=1S/C32H36N8O3/c1-20-13-14-25-23(16-21-9-6-5-7-10-21)18-26(30(42)40(27(25)15-20)19-28(41)35-32(2,3)4)34-31(43)33-24-12-8-11-22(17-24)29-36-38-39-37-29/h5-15,17,23,26H,16,18-19H2,1-4H3,(H,35,41)(H2,33,34,43)(H,36,37,38,39)/t23-,26+/m0/s1. The van der Waals surface area contributed by atoms with Crippen LogP contribution >= 0.6 is 0 Å². The molecule has 4 amide bonds. The summed E-state index contributed by atoms with van der Waals surface area (Å²) in [5.41, 5.74) is 4.44. The van der Waals surface area contributed by atoms with Gasteiger partial charge < -0.3 is 20.9 Å². The van der Waals surface area contributed by atoms with Crippen LogP contribution in [0.5, 0.6) is 0 Å². The number of amides is 4. The Hall–Kier alpha value is -5.06. The summed E-state index contributed by atoms with van der Waals surface area (Å²) in [6.07, 6.45) is 1.02. The first-order valence-electron chi connectivity index (χ1n) is 14.2. The topological polar surface area (TPSA) is 145 Å². The number of carbonyl (C=O) groups is 3. The van der Waals surface area contributed by atoms with Crippen LogP contribution in [0, 0.1) is 6.92 Å². The molecule has 1 aliphatic rings. The average molecular weight is 581 g/mol. The molecule has 1 aromatic heterocycles. The zero-order valence-corrected chi connectivity index (χ0v) is 24.7. The molecule has 0 spiro atoms. The number of hydrogen-bond donors (Lipinski definition) is 4. The van der Waals surface area contributed by atoms with Gasteiger partial charge in [-0.2, -0.15) is 5.21 Å². The molecule has 0 aliphatic carbocycles. The van der Waals surface area contributed by atoms with Crippen molar-refractivity contribution in [2.24, 2.45) is 0 Å². The monoisotopic (exact) mass is 580 g/mol. The van der Waals surface area contributed by atoms with Crippen molar-refractivity contribution in [2.45, 2.75) is 58.0 Å². The van der Waals surface area contributed by atoms with E-state index >= 15 is 0 Å². The van der Waals surface area contributed by atoms with E-state index in [2.05, 4.69) is 48.7 Å². The van der Waals surface area contributed by atoms with Gasteiger partial charge in [-0.1, -0.05) is 54.6 Å². The number of hydrogen-bond acceptors (Lipinski definition) is 6. The summed E-state index contributed by atoms with van der Waals surface area (Å²) in [4.78, 5) is 42.2. The third kappa shape index (κ3) is 7.42. The molecule has 0 fully saturated rings. The fraction of sp³-hybridized carbons (Fsp3) is 0.312. The second-order valence-electron chi connectivity index (χ2n) is 11.9. The first kappa shape index (κ1) is 29.4. The van der Waals surface area contributed by atoms with Crippen LogP contribution in [-0.2, 0) is 16.0 Å². The van der Waals surface area contributed by atoms with Crippen LogP contribution in [0.2, 0.25) is 0 Å². The van der Waals surface area contributed by atoms with E-state index in [-0.39, 0.29) is 24.3 Å². The number of rotatable bonds is 7. The maximum absolute atomic E-state index is 14.2. The number of fused-ring (bicyclic) bond motifs is 1.